The van der Waals surface area contributed by atoms with Crippen LogP contribution in [0, 0.1) is 0 Å². The number of benzene rings is 1. The van der Waals surface area contributed by atoms with E-state index in [0.717, 1.165) is 4.57 Å². The van der Waals surface area contributed by atoms with Gasteiger partial charge < -0.3 is 4.57 Å². The predicted octanol–water partition coefficient (Wildman–Crippen LogP) is 2.83. The zero-order valence-electron chi connectivity index (χ0n) is 14.1. The zero-order chi connectivity index (χ0) is 18.9. The normalized spacial score (nSPS) is 18.7. The van der Waals surface area contributed by atoms with E-state index in [0.29, 0.717) is 18.4 Å². The summed E-state index contributed by atoms with van der Waals surface area (Å²) in [6.45, 7) is 1.69. The van der Waals surface area contributed by atoms with Crippen LogP contribution in [0.25, 0.3) is 0 Å². The molecule has 10 heteroatoms. The van der Waals surface area contributed by atoms with Gasteiger partial charge in [-0.2, -0.15) is 17.5 Å². The van der Waals surface area contributed by atoms with Crippen molar-refractivity contribution in [3.05, 3.63) is 47.5 Å². The standard InChI is InChI=1S/C16H19F3N4O2S/c1-2-3-11-26(24,25)23-10-9-22-14(20-21-15(22)16(17,18)19)13(23)12-7-5-4-6-8-12/h4-8,13H,2-3,9-11H2,1H3. The van der Waals surface area contributed by atoms with Crippen LogP contribution in [0.4, 0.5) is 13.2 Å². The molecule has 1 atom stereocenters. The summed E-state index contributed by atoms with van der Waals surface area (Å²) in [4.78, 5) is 0. The van der Waals surface area contributed by atoms with Gasteiger partial charge in [0.25, 0.3) is 0 Å². The topological polar surface area (TPSA) is 68.1 Å². The molecule has 6 nitrogen and oxygen atoms in total. The second-order valence-corrected chi connectivity index (χ2v) is 8.17. The molecule has 0 radical (unpaired) electrons. The van der Waals surface area contributed by atoms with Gasteiger partial charge in [-0.15, -0.1) is 10.2 Å². The lowest BCUT2D eigenvalue weighted by Gasteiger charge is -2.35. The summed E-state index contributed by atoms with van der Waals surface area (Å²) in [6, 6.07) is 7.64. The molecule has 0 aliphatic carbocycles. The smallest absolute Gasteiger partial charge is 0.304 e. The lowest BCUT2D eigenvalue weighted by Crippen LogP contribution is -2.44. The van der Waals surface area contributed by atoms with E-state index in [1.807, 2.05) is 6.92 Å². The molecule has 0 bridgehead atoms. The minimum Gasteiger partial charge on any atom is -0.304 e. The molecule has 1 unspecified atom stereocenters. The van der Waals surface area contributed by atoms with Crippen LogP contribution in [0.1, 0.15) is 43.0 Å². The summed E-state index contributed by atoms with van der Waals surface area (Å²) in [5.41, 5.74) is 0.564. The Kier molecular flexibility index (Phi) is 5.07. The molecule has 2 heterocycles. The summed E-state index contributed by atoms with van der Waals surface area (Å²) >= 11 is 0. The van der Waals surface area contributed by atoms with E-state index in [4.69, 9.17) is 0 Å². The lowest BCUT2D eigenvalue weighted by atomic mass is 10.0. The minimum atomic E-state index is -4.64. The van der Waals surface area contributed by atoms with Crippen molar-refractivity contribution in [2.24, 2.45) is 0 Å². The molecular weight excluding hydrogens is 369 g/mol. The van der Waals surface area contributed by atoms with Gasteiger partial charge in [0.15, 0.2) is 5.82 Å². The van der Waals surface area contributed by atoms with Gasteiger partial charge in [-0.1, -0.05) is 43.7 Å². The van der Waals surface area contributed by atoms with Crippen LogP contribution in [0.15, 0.2) is 30.3 Å². The number of fused-ring (bicyclic) bond motifs is 1. The van der Waals surface area contributed by atoms with Crippen LogP contribution in [0.3, 0.4) is 0 Å². The molecule has 2 aromatic rings. The highest BCUT2D eigenvalue weighted by atomic mass is 32.2. The molecule has 26 heavy (non-hydrogen) atoms. The largest absolute Gasteiger partial charge is 0.451 e. The average molecular weight is 388 g/mol. The Morgan fingerprint density at radius 1 is 1.15 bits per heavy atom. The van der Waals surface area contributed by atoms with E-state index in [-0.39, 0.29) is 24.7 Å². The van der Waals surface area contributed by atoms with Crippen molar-refractivity contribution in [2.45, 2.75) is 38.5 Å². The molecule has 3 rings (SSSR count). The monoisotopic (exact) mass is 388 g/mol. The van der Waals surface area contributed by atoms with E-state index in [9.17, 15) is 21.6 Å². The van der Waals surface area contributed by atoms with Crippen LogP contribution >= 0.6 is 0 Å². The number of alkyl halides is 3. The Hall–Kier alpha value is -1.94. The Morgan fingerprint density at radius 2 is 1.85 bits per heavy atom. The van der Waals surface area contributed by atoms with Crippen molar-refractivity contribution in [1.82, 2.24) is 19.1 Å². The van der Waals surface area contributed by atoms with Gasteiger partial charge in [0.1, 0.15) is 6.04 Å². The van der Waals surface area contributed by atoms with E-state index in [1.165, 1.54) is 4.31 Å². The number of sulfonamides is 1. The maximum Gasteiger partial charge on any atom is 0.451 e. The first kappa shape index (κ1) is 18.8. The summed E-state index contributed by atoms with van der Waals surface area (Å²) in [6.07, 6.45) is -3.45. The lowest BCUT2D eigenvalue weighted by molar-refractivity contribution is -0.147. The zero-order valence-corrected chi connectivity index (χ0v) is 15.0. The Labute approximate surface area is 149 Å². The molecule has 1 aromatic carbocycles. The Balaban J connectivity index is 2.10. The highest BCUT2D eigenvalue weighted by Crippen LogP contribution is 2.37. The third-order valence-electron chi connectivity index (χ3n) is 4.34. The number of nitrogens with zero attached hydrogens (tertiary/aromatic N) is 4. The highest BCUT2D eigenvalue weighted by Gasteiger charge is 2.44. The van der Waals surface area contributed by atoms with Crippen molar-refractivity contribution in [3.8, 4) is 0 Å². The maximum atomic E-state index is 13.2. The summed E-state index contributed by atoms with van der Waals surface area (Å²) in [5, 5.41) is 7.00. The van der Waals surface area contributed by atoms with Crippen LogP contribution in [0.5, 0.6) is 0 Å². The number of halogens is 3. The van der Waals surface area contributed by atoms with E-state index in [2.05, 4.69) is 10.2 Å². The van der Waals surface area contributed by atoms with Crippen LogP contribution in [-0.2, 0) is 22.7 Å². The van der Waals surface area contributed by atoms with Gasteiger partial charge in [-0.05, 0) is 12.0 Å². The molecule has 142 valence electrons. The summed E-state index contributed by atoms with van der Waals surface area (Å²) in [5.74, 6) is -1.15. The summed E-state index contributed by atoms with van der Waals surface area (Å²) in [7, 11) is -3.64. The first-order valence-electron chi connectivity index (χ1n) is 8.30. The molecule has 0 saturated heterocycles. The van der Waals surface area contributed by atoms with Crippen molar-refractivity contribution >= 4 is 10.0 Å². The van der Waals surface area contributed by atoms with Crippen LogP contribution in [0.2, 0.25) is 0 Å². The number of unbranched alkanes of at least 4 members (excludes halogenated alkanes) is 1. The predicted molar refractivity (Wildman–Crippen MR) is 88.7 cm³/mol. The van der Waals surface area contributed by atoms with Crippen molar-refractivity contribution in [1.29, 1.82) is 0 Å². The van der Waals surface area contributed by atoms with Gasteiger partial charge >= 0.3 is 6.18 Å². The Bertz CT molecular complexity index is 865. The number of aromatic nitrogens is 3. The number of hydrogen-bond acceptors (Lipinski definition) is 4. The van der Waals surface area contributed by atoms with Gasteiger partial charge in [0, 0.05) is 13.1 Å². The molecule has 0 amide bonds. The van der Waals surface area contributed by atoms with E-state index >= 15 is 0 Å². The van der Waals surface area contributed by atoms with E-state index in [1.54, 1.807) is 30.3 Å². The number of rotatable bonds is 5. The summed E-state index contributed by atoms with van der Waals surface area (Å²) < 4.78 is 67.3. The maximum absolute atomic E-state index is 13.2. The molecule has 1 aliphatic heterocycles. The highest BCUT2D eigenvalue weighted by molar-refractivity contribution is 7.89. The molecule has 0 fully saturated rings. The molecular formula is C16H19F3N4O2S. The van der Waals surface area contributed by atoms with Crippen LogP contribution in [-0.4, -0.2) is 39.8 Å². The quantitative estimate of drug-likeness (QED) is 0.790. The third kappa shape index (κ3) is 3.48. The average Bonchev–Trinajstić information content (AvgIpc) is 3.04. The van der Waals surface area contributed by atoms with E-state index < -0.39 is 28.1 Å². The Morgan fingerprint density at radius 3 is 2.46 bits per heavy atom. The second kappa shape index (κ2) is 6.99. The van der Waals surface area contributed by atoms with Gasteiger partial charge in [0.05, 0.1) is 5.75 Å². The molecule has 0 N–H and O–H groups in total. The SMILES string of the molecule is CCCCS(=O)(=O)N1CCn2c(nnc2C(F)(F)F)C1c1ccccc1. The van der Waals surface area contributed by atoms with Crippen LogP contribution < -0.4 is 0 Å². The third-order valence-corrected chi connectivity index (χ3v) is 6.25. The first-order chi connectivity index (χ1) is 12.3. The molecule has 0 spiro atoms. The number of hydrogen-bond donors (Lipinski definition) is 0. The second-order valence-electron chi connectivity index (χ2n) is 6.12. The molecule has 1 aliphatic rings. The fraction of sp³-hybridized carbons (Fsp3) is 0.500. The van der Waals surface area contributed by atoms with Gasteiger partial charge in [-0.3, -0.25) is 0 Å². The minimum absolute atomic E-state index is 0.00477. The fourth-order valence-corrected chi connectivity index (χ4v) is 4.88. The van der Waals surface area contributed by atoms with Crippen molar-refractivity contribution < 1.29 is 21.6 Å². The van der Waals surface area contributed by atoms with Gasteiger partial charge in [-0.25, -0.2) is 8.42 Å². The van der Waals surface area contributed by atoms with Gasteiger partial charge in [0.2, 0.25) is 15.8 Å². The van der Waals surface area contributed by atoms with Crippen molar-refractivity contribution in [2.75, 3.05) is 12.3 Å². The molecule has 1 aromatic heterocycles. The first-order valence-corrected chi connectivity index (χ1v) is 9.91. The fourth-order valence-electron chi connectivity index (χ4n) is 3.10. The van der Waals surface area contributed by atoms with Crippen molar-refractivity contribution in [3.63, 3.8) is 0 Å². The molecule has 0 saturated carbocycles.